The maximum absolute atomic E-state index is 12.3. The fourth-order valence-electron chi connectivity index (χ4n) is 3.46. The van der Waals surface area contributed by atoms with Gasteiger partial charge < -0.3 is 4.90 Å². The highest BCUT2D eigenvalue weighted by atomic mass is 16.6. The van der Waals surface area contributed by atoms with E-state index in [2.05, 4.69) is 0 Å². The van der Waals surface area contributed by atoms with Crippen LogP contribution in [0.2, 0.25) is 0 Å². The van der Waals surface area contributed by atoms with E-state index < -0.39 is 27.0 Å². The van der Waals surface area contributed by atoms with E-state index in [9.17, 15) is 25.0 Å². The van der Waals surface area contributed by atoms with Crippen LogP contribution in [0.1, 0.15) is 19.4 Å². The van der Waals surface area contributed by atoms with Gasteiger partial charge in [-0.3, -0.25) is 25.0 Å². The number of nitro groups is 2. The Kier molecular flexibility index (Phi) is 4.27. The number of anilines is 1. The van der Waals surface area contributed by atoms with Crippen LogP contribution < -0.4 is 4.90 Å². The van der Waals surface area contributed by atoms with Gasteiger partial charge in [0.2, 0.25) is 0 Å². The average molecular weight is 367 g/mol. The number of fused-ring (bicyclic) bond motifs is 1. The van der Waals surface area contributed by atoms with E-state index in [1.807, 2.05) is 50.1 Å². The van der Waals surface area contributed by atoms with Gasteiger partial charge in [-0.15, -0.1) is 0 Å². The van der Waals surface area contributed by atoms with Gasteiger partial charge in [0.25, 0.3) is 11.5 Å². The summed E-state index contributed by atoms with van der Waals surface area (Å²) in [4.78, 5) is 34.7. The van der Waals surface area contributed by atoms with Crippen LogP contribution in [0, 0.1) is 20.2 Å². The summed E-state index contributed by atoms with van der Waals surface area (Å²) in [6.45, 7) is 4.06. The number of carbonyl (C=O) groups excluding carboxylic acids is 1. The predicted molar refractivity (Wildman–Crippen MR) is 99.2 cm³/mol. The zero-order valence-electron chi connectivity index (χ0n) is 15.0. The molecule has 0 aromatic heterocycles. The molecule has 0 radical (unpaired) electrons. The number of benzene rings is 1. The molecule has 0 spiro atoms. The molecule has 1 aromatic carbocycles. The van der Waals surface area contributed by atoms with Gasteiger partial charge >= 0.3 is 5.70 Å². The first kappa shape index (κ1) is 18.2. The van der Waals surface area contributed by atoms with Gasteiger partial charge in [0, 0.05) is 35.5 Å². The van der Waals surface area contributed by atoms with Gasteiger partial charge in [-0.2, -0.15) is 0 Å². The lowest BCUT2D eigenvalue weighted by Crippen LogP contribution is -2.23. The lowest BCUT2D eigenvalue weighted by Gasteiger charge is -2.23. The number of allylic oxidation sites excluding steroid dienone is 6. The third kappa shape index (κ3) is 2.95. The topological polar surface area (TPSA) is 107 Å². The molecule has 2 aliphatic rings. The molecule has 8 nitrogen and oxygen atoms in total. The van der Waals surface area contributed by atoms with Gasteiger partial charge in [0.15, 0.2) is 0 Å². The molecule has 1 aliphatic heterocycles. The van der Waals surface area contributed by atoms with Crippen LogP contribution in [-0.4, -0.2) is 22.7 Å². The van der Waals surface area contributed by atoms with Crippen LogP contribution in [0.15, 0.2) is 71.2 Å². The number of para-hydroxylation sites is 1. The summed E-state index contributed by atoms with van der Waals surface area (Å²) in [5.41, 5.74) is 1.26. The van der Waals surface area contributed by atoms with Gasteiger partial charge in [0.1, 0.15) is 0 Å². The summed E-state index contributed by atoms with van der Waals surface area (Å²) >= 11 is 0. The van der Waals surface area contributed by atoms with E-state index in [4.69, 9.17) is 0 Å². The third-order valence-corrected chi connectivity index (χ3v) is 4.85. The lowest BCUT2D eigenvalue weighted by molar-refractivity contribution is -0.431. The molecule has 0 saturated carbocycles. The Bertz CT molecular complexity index is 998. The Morgan fingerprint density at radius 2 is 1.70 bits per heavy atom. The second-order valence-electron chi connectivity index (χ2n) is 6.82. The van der Waals surface area contributed by atoms with Crippen molar-refractivity contribution >= 4 is 11.5 Å². The number of nitrogens with zero attached hydrogens (tertiary/aromatic N) is 3. The Balaban J connectivity index is 2.07. The molecule has 0 atom stereocenters. The summed E-state index contributed by atoms with van der Waals surface area (Å²) in [7, 11) is 1.89. The Morgan fingerprint density at radius 1 is 1.04 bits per heavy atom. The minimum absolute atomic E-state index is 0.0939. The number of likely N-dealkylation sites (N-methyl/N-ethyl adjacent to an activating group) is 1. The van der Waals surface area contributed by atoms with E-state index in [0.29, 0.717) is 6.08 Å². The highest BCUT2D eigenvalue weighted by Gasteiger charge is 2.38. The van der Waals surface area contributed by atoms with Gasteiger partial charge in [-0.05, 0) is 23.8 Å². The molecule has 0 fully saturated rings. The van der Waals surface area contributed by atoms with Crippen molar-refractivity contribution in [3.05, 3.63) is 97.0 Å². The van der Waals surface area contributed by atoms with E-state index in [1.165, 1.54) is 6.08 Å². The number of hydrogen-bond acceptors (Lipinski definition) is 6. The smallest absolute Gasteiger partial charge is 0.323 e. The summed E-state index contributed by atoms with van der Waals surface area (Å²) in [5.74, 6) is -0.849. The van der Waals surface area contributed by atoms with Crippen molar-refractivity contribution in [3.8, 4) is 0 Å². The number of Topliss-reactive ketones (excluding diaryl/α,β-unsaturated/α-hetero) is 1. The second-order valence-corrected chi connectivity index (χ2v) is 6.82. The van der Waals surface area contributed by atoms with E-state index >= 15 is 0 Å². The normalized spacial score (nSPS) is 21.1. The Hall–Kier alpha value is -3.55. The maximum Gasteiger partial charge on any atom is 0.323 e. The highest BCUT2D eigenvalue weighted by Crippen LogP contribution is 2.46. The molecule has 1 aliphatic carbocycles. The molecule has 1 heterocycles. The third-order valence-electron chi connectivity index (χ3n) is 4.85. The van der Waals surface area contributed by atoms with Crippen molar-refractivity contribution in [1.82, 2.24) is 0 Å². The first-order chi connectivity index (χ1) is 12.6. The molecular weight excluding hydrogens is 350 g/mol. The van der Waals surface area contributed by atoms with Crippen LogP contribution in [0.3, 0.4) is 0 Å². The zero-order valence-corrected chi connectivity index (χ0v) is 15.0. The first-order valence-corrected chi connectivity index (χ1v) is 8.17. The highest BCUT2D eigenvalue weighted by molar-refractivity contribution is 6.10. The molecular formula is C19H17N3O5. The van der Waals surface area contributed by atoms with Crippen LogP contribution >= 0.6 is 0 Å². The molecule has 0 amide bonds. The number of hydrogen-bond donors (Lipinski definition) is 0. The van der Waals surface area contributed by atoms with Crippen LogP contribution in [0.4, 0.5) is 5.69 Å². The van der Waals surface area contributed by atoms with Crippen molar-refractivity contribution in [2.75, 3.05) is 11.9 Å². The number of ketones is 1. The van der Waals surface area contributed by atoms with Crippen molar-refractivity contribution in [2.24, 2.45) is 0 Å². The molecule has 0 unspecified atom stereocenters. The quantitative estimate of drug-likeness (QED) is 0.461. The fourth-order valence-corrected chi connectivity index (χ4v) is 3.46. The Labute approximate surface area is 155 Å². The summed E-state index contributed by atoms with van der Waals surface area (Å²) in [6, 6.07) is 7.87. The SMILES string of the molecule is CN1/C(=C\C=C2\C=C([N+](=O)[O-])C=C([N+](=O)[O-])C2=O)C(C)(C)c2ccccc21. The molecule has 138 valence electrons. The number of rotatable bonds is 3. The van der Waals surface area contributed by atoms with E-state index in [1.54, 1.807) is 6.08 Å². The van der Waals surface area contributed by atoms with Gasteiger partial charge in [-0.1, -0.05) is 32.0 Å². The minimum atomic E-state index is -0.901. The first-order valence-electron chi connectivity index (χ1n) is 8.17. The van der Waals surface area contributed by atoms with E-state index in [-0.39, 0.29) is 11.0 Å². The summed E-state index contributed by atoms with van der Waals surface area (Å²) in [6.07, 6.45) is 4.84. The maximum atomic E-state index is 12.3. The van der Waals surface area contributed by atoms with Gasteiger partial charge in [-0.25, -0.2) is 0 Å². The lowest BCUT2D eigenvalue weighted by atomic mass is 9.83. The van der Waals surface area contributed by atoms with Crippen molar-refractivity contribution in [2.45, 2.75) is 19.3 Å². The van der Waals surface area contributed by atoms with Crippen LogP contribution in [0.5, 0.6) is 0 Å². The van der Waals surface area contributed by atoms with Crippen molar-refractivity contribution in [1.29, 1.82) is 0 Å². The van der Waals surface area contributed by atoms with Crippen molar-refractivity contribution in [3.63, 3.8) is 0 Å². The van der Waals surface area contributed by atoms with Crippen LogP contribution in [-0.2, 0) is 10.2 Å². The second kappa shape index (κ2) is 6.31. The molecule has 3 rings (SSSR count). The fraction of sp³-hybridized carbons (Fsp3) is 0.211. The molecule has 27 heavy (non-hydrogen) atoms. The molecule has 1 aromatic rings. The van der Waals surface area contributed by atoms with Gasteiger partial charge in [0.05, 0.1) is 15.9 Å². The Morgan fingerprint density at radius 3 is 2.30 bits per heavy atom. The standard InChI is InChI=1S/C19H17N3O5/c1-19(2)14-6-4-5-7-15(14)20(3)17(19)9-8-12-10-13(21(24)25)11-16(18(12)23)22(26)27/h4-11H,1-3H3/b12-8-,17-9-. The predicted octanol–water partition coefficient (Wildman–Crippen LogP) is 3.13. The molecule has 0 N–H and O–H groups in total. The molecule has 0 saturated heterocycles. The summed E-state index contributed by atoms with van der Waals surface area (Å²) < 4.78 is 0. The van der Waals surface area contributed by atoms with E-state index in [0.717, 1.165) is 23.0 Å². The zero-order chi connectivity index (χ0) is 19.9. The van der Waals surface area contributed by atoms with Crippen molar-refractivity contribution < 1.29 is 14.6 Å². The molecule has 8 heteroatoms. The average Bonchev–Trinajstić information content (AvgIpc) is 2.80. The monoisotopic (exact) mass is 367 g/mol. The summed E-state index contributed by atoms with van der Waals surface area (Å²) in [5, 5.41) is 22.1. The number of carbonyl (C=O) groups is 1. The minimum Gasteiger partial charge on any atom is -0.347 e. The molecule has 0 bridgehead atoms. The largest absolute Gasteiger partial charge is 0.347 e. The van der Waals surface area contributed by atoms with Crippen LogP contribution in [0.25, 0.3) is 0 Å².